The van der Waals surface area contributed by atoms with Crippen LogP contribution in [0.15, 0.2) is 35.1 Å². The van der Waals surface area contributed by atoms with Crippen molar-refractivity contribution < 1.29 is 0 Å². The van der Waals surface area contributed by atoms with Crippen molar-refractivity contribution in [3.63, 3.8) is 0 Å². The molecule has 2 N–H and O–H groups in total. The number of hydrogen-bond acceptors (Lipinski definition) is 3. The quantitative estimate of drug-likeness (QED) is 0.939. The molecule has 4 heteroatoms. The molecule has 0 aliphatic heterocycles. The first-order valence-electron chi connectivity index (χ1n) is 7.29. The topological polar surface area (TPSA) is 60.9 Å². The molecule has 0 radical (unpaired) electrons. The van der Waals surface area contributed by atoms with Crippen molar-refractivity contribution in [2.24, 2.45) is 11.7 Å². The van der Waals surface area contributed by atoms with E-state index in [1.165, 1.54) is 10.2 Å². The molecule has 0 saturated heterocycles. The number of nitrogens with zero attached hydrogens (tertiary/aromatic N) is 2. The zero-order valence-electron chi connectivity index (χ0n) is 13.1. The molecule has 4 nitrogen and oxygen atoms in total. The van der Waals surface area contributed by atoms with Crippen LogP contribution in [-0.4, -0.2) is 9.78 Å². The fourth-order valence-corrected chi connectivity index (χ4v) is 2.36. The van der Waals surface area contributed by atoms with Gasteiger partial charge in [-0.15, -0.1) is 0 Å². The number of aryl methyl sites for hydroxylation is 2. The molecule has 112 valence electrons. The Labute approximate surface area is 125 Å². The lowest BCUT2D eigenvalue weighted by Crippen LogP contribution is -2.27. The molecule has 21 heavy (non-hydrogen) atoms. The highest BCUT2D eigenvalue weighted by molar-refractivity contribution is 5.36. The molecule has 2 rings (SSSR count). The monoisotopic (exact) mass is 285 g/mol. The summed E-state index contributed by atoms with van der Waals surface area (Å²) in [4.78, 5) is 11.8. The van der Waals surface area contributed by atoms with Crippen LogP contribution in [0, 0.1) is 19.8 Å². The highest BCUT2D eigenvalue weighted by Gasteiger charge is 2.14. The highest BCUT2D eigenvalue weighted by atomic mass is 16.1. The zero-order valence-corrected chi connectivity index (χ0v) is 13.1. The molecule has 0 aliphatic rings. The van der Waals surface area contributed by atoms with Crippen LogP contribution in [0.3, 0.4) is 0 Å². The summed E-state index contributed by atoms with van der Waals surface area (Å²) in [5.41, 5.74) is 10.4. The van der Waals surface area contributed by atoms with Crippen LogP contribution in [0.25, 0.3) is 0 Å². The minimum Gasteiger partial charge on any atom is -0.319 e. The Morgan fingerprint density at radius 2 is 1.90 bits per heavy atom. The molecule has 1 atom stereocenters. The predicted molar refractivity (Wildman–Crippen MR) is 85.3 cm³/mol. The lowest BCUT2D eigenvalue weighted by molar-refractivity contribution is 0.455. The van der Waals surface area contributed by atoms with Gasteiger partial charge in [0.05, 0.1) is 11.7 Å². The molecule has 1 unspecified atom stereocenters. The number of aromatic nitrogens is 2. The first-order valence-corrected chi connectivity index (χ1v) is 7.29. The lowest BCUT2D eigenvalue weighted by Gasteiger charge is -2.16. The van der Waals surface area contributed by atoms with E-state index in [4.69, 9.17) is 5.73 Å². The Morgan fingerprint density at radius 3 is 2.57 bits per heavy atom. The fourth-order valence-electron chi connectivity index (χ4n) is 2.36. The second kappa shape index (κ2) is 6.22. The van der Waals surface area contributed by atoms with Crippen molar-refractivity contribution in [2.45, 2.75) is 40.3 Å². The maximum Gasteiger partial charge on any atom is 0.266 e. The van der Waals surface area contributed by atoms with Crippen molar-refractivity contribution >= 4 is 0 Å². The van der Waals surface area contributed by atoms with E-state index in [-0.39, 0.29) is 11.6 Å². The molecule has 0 saturated carbocycles. The van der Waals surface area contributed by atoms with Gasteiger partial charge in [-0.05, 0) is 37.0 Å². The van der Waals surface area contributed by atoms with Gasteiger partial charge in [0.15, 0.2) is 0 Å². The molecule has 1 aromatic heterocycles. The van der Waals surface area contributed by atoms with Crippen LogP contribution in [0.2, 0.25) is 0 Å². The Morgan fingerprint density at radius 1 is 1.19 bits per heavy atom. The van der Waals surface area contributed by atoms with Crippen molar-refractivity contribution in [3.8, 4) is 0 Å². The van der Waals surface area contributed by atoms with E-state index < -0.39 is 0 Å². The van der Waals surface area contributed by atoms with Crippen LogP contribution in [0.1, 0.15) is 42.3 Å². The van der Waals surface area contributed by atoms with Gasteiger partial charge in [0.2, 0.25) is 0 Å². The first kappa shape index (κ1) is 15.4. The van der Waals surface area contributed by atoms with E-state index in [2.05, 4.69) is 37.1 Å². The van der Waals surface area contributed by atoms with Gasteiger partial charge in [-0.2, -0.15) is 5.10 Å². The van der Waals surface area contributed by atoms with Crippen LogP contribution in [-0.2, 0) is 6.54 Å². The normalized spacial score (nSPS) is 12.7. The average molecular weight is 285 g/mol. The van der Waals surface area contributed by atoms with Crippen LogP contribution in [0.4, 0.5) is 0 Å². The summed E-state index contributed by atoms with van der Waals surface area (Å²) in [6.45, 7) is 8.81. The molecule has 0 fully saturated rings. The number of rotatable bonds is 4. The van der Waals surface area contributed by atoms with Gasteiger partial charge in [-0.1, -0.05) is 37.6 Å². The average Bonchev–Trinajstić information content (AvgIpc) is 2.42. The zero-order chi connectivity index (χ0) is 15.6. The minimum absolute atomic E-state index is 0.0828. The van der Waals surface area contributed by atoms with Gasteiger partial charge in [-0.25, -0.2) is 4.68 Å². The Bertz CT molecular complexity index is 689. The molecule has 0 bridgehead atoms. The molecule has 2 aromatic rings. The number of nitrogens with two attached hydrogens (primary N) is 1. The minimum atomic E-state index is -0.316. The van der Waals surface area contributed by atoms with Gasteiger partial charge in [-0.3, -0.25) is 4.79 Å². The summed E-state index contributed by atoms with van der Waals surface area (Å²) in [6, 6.07) is 9.18. The molecule has 0 amide bonds. The highest BCUT2D eigenvalue weighted by Crippen LogP contribution is 2.21. The van der Waals surface area contributed by atoms with Gasteiger partial charge < -0.3 is 5.73 Å². The van der Waals surface area contributed by atoms with Gasteiger partial charge >= 0.3 is 0 Å². The third-order valence-electron chi connectivity index (χ3n) is 3.51. The maximum absolute atomic E-state index is 11.8. The molecule has 1 aromatic carbocycles. The van der Waals surface area contributed by atoms with E-state index in [9.17, 15) is 4.79 Å². The SMILES string of the molecule is Cc1ccc(C)c(C(N)c2ccc(=O)n(CC(C)C)n2)c1. The number of hydrogen-bond donors (Lipinski definition) is 1. The smallest absolute Gasteiger partial charge is 0.266 e. The summed E-state index contributed by atoms with van der Waals surface area (Å²) in [7, 11) is 0. The van der Waals surface area contributed by atoms with E-state index in [0.717, 1.165) is 16.8 Å². The molecular formula is C17H23N3O. The molecular weight excluding hydrogens is 262 g/mol. The maximum atomic E-state index is 11.8. The first-order chi connectivity index (χ1) is 9.88. The van der Waals surface area contributed by atoms with Crippen molar-refractivity contribution in [2.75, 3.05) is 0 Å². The van der Waals surface area contributed by atoms with Crippen molar-refractivity contribution in [1.29, 1.82) is 0 Å². The third-order valence-corrected chi connectivity index (χ3v) is 3.51. The summed E-state index contributed by atoms with van der Waals surface area (Å²) < 4.78 is 1.50. The second-order valence-electron chi connectivity index (χ2n) is 6.01. The predicted octanol–water partition coefficient (Wildman–Crippen LogP) is 2.56. The van der Waals surface area contributed by atoms with E-state index in [1.54, 1.807) is 12.1 Å². The van der Waals surface area contributed by atoms with E-state index in [0.29, 0.717) is 12.5 Å². The molecule has 1 heterocycles. The summed E-state index contributed by atoms with van der Waals surface area (Å²) in [6.07, 6.45) is 0. The van der Waals surface area contributed by atoms with E-state index >= 15 is 0 Å². The molecule has 0 spiro atoms. The van der Waals surface area contributed by atoms with Crippen LogP contribution in [0.5, 0.6) is 0 Å². The third kappa shape index (κ3) is 3.58. The standard InChI is InChI=1S/C17H23N3O/c1-11(2)10-20-16(21)8-7-15(19-20)17(18)14-9-12(3)5-6-13(14)4/h5-9,11,17H,10,18H2,1-4H3. The number of benzene rings is 1. The Kier molecular flexibility index (Phi) is 4.58. The molecule has 0 aliphatic carbocycles. The van der Waals surface area contributed by atoms with Gasteiger partial charge in [0.25, 0.3) is 5.56 Å². The largest absolute Gasteiger partial charge is 0.319 e. The van der Waals surface area contributed by atoms with Crippen LogP contribution >= 0.6 is 0 Å². The Hall–Kier alpha value is -1.94. The van der Waals surface area contributed by atoms with Gasteiger partial charge in [0.1, 0.15) is 0 Å². The summed E-state index contributed by atoms with van der Waals surface area (Å²) >= 11 is 0. The van der Waals surface area contributed by atoms with Crippen LogP contribution < -0.4 is 11.3 Å². The Balaban J connectivity index is 2.41. The lowest BCUT2D eigenvalue weighted by atomic mass is 9.97. The summed E-state index contributed by atoms with van der Waals surface area (Å²) in [5, 5.41) is 4.44. The van der Waals surface area contributed by atoms with Crippen molar-refractivity contribution in [3.05, 3.63) is 63.1 Å². The second-order valence-corrected chi connectivity index (χ2v) is 6.01. The van der Waals surface area contributed by atoms with Crippen molar-refractivity contribution in [1.82, 2.24) is 9.78 Å². The van der Waals surface area contributed by atoms with E-state index in [1.807, 2.05) is 13.8 Å². The van der Waals surface area contributed by atoms with Gasteiger partial charge in [0, 0.05) is 12.6 Å². The fraction of sp³-hybridized carbons (Fsp3) is 0.412. The summed E-state index contributed by atoms with van der Waals surface area (Å²) in [5.74, 6) is 0.363.